The second-order valence-corrected chi connectivity index (χ2v) is 15.1. The molecule has 0 saturated heterocycles. The first-order chi connectivity index (χ1) is 25.3. The van der Waals surface area contributed by atoms with Gasteiger partial charge in [0.05, 0.1) is 12.7 Å². The van der Waals surface area contributed by atoms with Crippen molar-refractivity contribution in [3.8, 4) is 22.3 Å². The van der Waals surface area contributed by atoms with Crippen LogP contribution >= 0.6 is 15.9 Å². The number of ether oxygens (including phenoxy) is 1. The van der Waals surface area contributed by atoms with Crippen LogP contribution in [-0.4, -0.2) is 19.2 Å². The highest BCUT2D eigenvalue weighted by molar-refractivity contribution is 9.10. The number of anilines is 1. The summed E-state index contributed by atoms with van der Waals surface area (Å²) in [5, 5.41) is 0. The number of nitrogens with two attached hydrogens (primary N) is 1. The Kier molecular flexibility index (Phi) is 12.0. The van der Waals surface area contributed by atoms with Gasteiger partial charge >= 0.3 is 12.1 Å². The van der Waals surface area contributed by atoms with E-state index >= 15 is 0 Å². The molecule has 6 aromatic rings. The van der Waals surface area contributed by atoms with Gasteiger partial charge in [0.15, 0.2) is 0 Å². The standard InChI is InChI=1S/C23H22.C15H13Br.C8H9NO2.CO2/c1-16-8-4-5-9-18(16)14-17-12-13-20-19-10-6-7-11-21(19)23(2,3)22(20)15-17;1-15(2)13-6-4-3-5-11(13)12-8-7-10(16)9-14(12)15;1-11-8(10)6-4-2-3-5-7(6)9;2-1-3/h4-13,15H,14H2,1-3H3;3-9H,1-2H3;2-5H,9H2,1H3;. The summed E-state index contributed by atoms with van der Waals surface area (Å²) in [6.07, 6.45) is 1.26. The summed E-state index contributed by atoms with van der Waals surface area (Å²) in [5.41, 5.74) is 22.1. The summed E-state index contributed by atoms with van der Waals surface area (Å²) >= 11 is 3.56. The summed E-state index contributed by atoms with van der Waals surface area (Å²) in [4.78, 5) is 27.2. The number of methoxy groups -OCH3 is 1. The van der Waals surface area contributed by atoms with Crippen LogP contribution in [0.5, 0.6) is 0 Å². The molecule has 0 aromatic heterocycles. The largest absolute Gasteiger partial charge is 0.465 e. The number of fused-ring (bicyclic) bond motifs is 6. The Bertz CT molecular complexity index is 2300. The van der Waals surface area contributed by atoms with Crippen LogP contribution in [0.3, 0.4) is 0 Å². The maximum Gasteiger partial charge on any atom is 0.373 e. The van der Waals surface area contributed by atoms with E-state index in [1.54, 1.807) is 24.3 Å². The number of carbonyl (C=O) groups is 1. The lowest BCUT2D eigenvalue weighted by atomic mass is 9.81. The molecule has 6 heteroatoms. The molecule has 0 bridgehead atoms. The van der Waals surface area contributed by atoms with Crippen molar-refractivity contribution in [1.29, 1.82) is 0 Å². The van der Waals surface area contributed by atoms with Gasteiger partial charge in [0.2, 0.25) is 0 Å². The van der Waals surface area contributed by atoms with Gasteiger partial charge in [0.25, 0.3) is 0 Å². The minimum absolute atomic E-state index is 0.0909. The van der Waals surface area contributed by atoms with Crippen LogP contribution in [0.4, 0.5) is 5.69 Å². The first-order valence-electron chi connectivity index (χ1n) is 17.4. The van der Waals surface area contributed by atoms with E-state index in [1.165, 1.54) is 68.3 Å². The average Bonchev–Trinajstić information content (AvgIpc) is 3.52. The number of hydrogen-bond donors (Lipinski definition) is 1. The number of aryl methyl sites for hydroxylation is 1. The van der Waals surface area contributed by atoms with Gasteiger partial charge in [0, 0.05) is 21.0 Å². The minimum atomic E-state index is -0.400. The van der Waals surface area contributed by atoms with Gasteiger partial charge in [-0.1, -0.05) is 153 Å². The number of benzene rings is 6. The number of halogens is 1. The summed E-state index contributed by atoms with van der Waals surface area (Å²) in [6, 6.07) is 46.6. The fraction of sp³-hybridized carbons (Fsp3) is 0.191. The zero-order valence-electron chi connectivity index (χ0n) is 31.0. The first-order valence-corrected chi connectivity index (χ1v) is 18.2. The smallest absolute Gasteiger partial charge is 0.373 e. The topological polar surface area (TPSA) is 86.5 Å². The van der Waals surface area contributed by atoms with Crippen molar-refractivity contribution in [3.63, 3.8) is 0 Å². The van der Waals surface area contributed by atoms with E-state index in [-0.39, 0.29) is 17.0 Å². The van der Waals surface area contributed by atoms with Gasteiger partial charge in [-0.25, -0.2) is 4.79 Å². The molecule has 0 amide bonds. The molecule has 6 aromatic carbocycles. The fourth-order valence-corrected chi connectivity index (χ4v) is 7.72. The number of carbonyl (C=O) groups excluding carboxylic acids is 3. The zero-order chi connectivity index (χ0) is 38.3. The van der Waals surface area contributed by atoms with E-state index in [1.807, 2.05) is 0 Å². The lowest BCUT2D eigenvalue weighted by Gasteiger charge is -2.22. The van der Waals surface area contributed by atoms with Crippen LogP contribution < -0.4 is 5.73 Å². The molecular formula is C47H44BrNO4. The summed E-state index contributed by atoms with van der Waals surface area (Å²) in [6.45, 7) is 11.5. The van der Waals surface area contributed by atoms with E-state index in [0.717, 1.165) is 10.9 Å². The quantitative estimate of drug-likeness (QED) is 0.143. The van der Waals surface area contributed by atoms with Crippen molar-refractivity contribution in [2.24, 2.45) is 0 Å². The molecule has 0 atom stereocenters. The van der Waals surface area contributed by atoms with Crippen LogP contribution in [0.1, 0.15) is 77.0 Å². The normalized spacial score (nSPS) is 13.0. The molecule has 53 heavy (non-hydrogen) atoms. The van der Waals surface area contributed by atoms with Crippen molar-refractivity contribution in [2.45, 2.75) is 51.9 Å². The average molecular weight is 767 g/mol. The molecular weight excluding hydrogens is 722 g/mol. The van der Waals surface area contributed by atoms with E-state index < -0.39 is 5.97 Å². The van der Waals surface area contributed by atoms with Crippen molar-refractivity contribution in [1.82, 2.24) is 0 Å². The van der Waals surface area contributed by atoms with Gasteiger partial charge in [-0.05, 0) is 98.8 Å². The number of hydrogen-bond acceptors (Lipinski definition) is 5. The van der Waals surface area contributed by atoms with Crippen LogP contribution in [0.15, 0.2) is 138 Å². The third-order valence-corrected chi connectivity index (χ3v) is 10.7. The Hall–Kier alpha value is -5.55. The number of nitrogen functional groups attached to an aromatic ring is 1. The van der Waals surface area contributed by atoms with E-state index in [2.05, 4.69) is 164 Å². The predicted octanol–water partition coefficient (Wildman–Crippen LogP) is 11.1. The molecule has 2 aliphatic rings. The van der Waals surface area contributed by atoms with E-state index in [0.29, 0.717) is 11.3 Å². The highest BCUT2D eigenvalue weighted by atomic mass is 79.9. The van der Waals surface area contributed by atoms with Crippen LogP contribution in [-0.2, 0) is 31.6 Å². The summed E-state index contributed by atoms with van der Waals surface area (Å²) in [7, 11) is 1.33. The summed E-state index contributed by atoms with van der Waals surface area (Å²) in [5.74, 6) is -0.400. The Morgan fingerprint density at radius 2 is 1.11 bits per heavy atom. The molecule has 0 saturated carbocycles. The van der Waals surface area contributed by atoms with Crippen molar-refractivity contribution in [2.75, 3.05) is 12.8 Å². The molecule has 2 N–H and O–H groups in total. The second kappa shape index (κ2) is 16.4. The molecule has 0 aliphatic heterocycles. The van der Waals surface area contributed by atoms with Crippen LogP contribution in [0.25, 0.3) is 22.3 Å². The van der Waals surface area contributed by atoms with E-state index in [4.69, 9.17) is 15.3 Å². The lowest BCUT2D eigenvalue weighted by Crippen LogP contribution is -2.15. The van der Waals surface area contributed by atoms with Crippen LogP contribution in [0.2, 0.25) is 0 Å². The van der Waals surface area contributed by atoms with Crippen molar-refractivity contribution >= 4 is 33.7 Å². The molecule has 0 spiro atoms. The first kappa shape index (κ1) is 38.7. The SMILES string of the molecule is CC1(C)c2ccccc2-c2ccc(Br)cc21.COC(=O)c1ccccc1N.Cc1ccccc1Cc1ccc2c(c1)C(C)(C)c1ccccc1-2.O=C=O. The molecule has 0 fully saturated rings. The number of esters is 1. The van der Waals surface area contributed by atoms with Gasteiger partial charge in [0.1, 0.15) is 0 Å². The fourth-order valence-electron chi connectivity index (χ4n) is 7.36. The molecule has 8 rings (SSSR count). The number of rotatable bonds is 3. The third-order valence-electron chi connectivity index (χ3n) is 10.2. The number of para-hydroxylation sites is 1. The molecule has 268 valence electrons. The summed E-state index contributed by atoms with van der Waals surface area (Å²) < 4.78 is 5.66. The molecule has 0 radical (unpaired) electrons. The monoisotopic (exact) mass is 765 g/mol. The van der Waals surface area contributed by atoms with Gasteiger partial charge in [-0.2, -0.15) is 9.59 Å². The van der Waals surface area contributed by atoms with Crippen LogP contribution in [0, 0.1) is 6.92 Å². The zero-order valence-corrected chi connectivity index (χ0v) is 32.6. The van der Waals surface area contributed by atoms with E-state index in [9.17, 15) is 4.79 Å². The minimum Gasteiger partial charge on any atom is -0.465 e. The second-order valence-electron chi connectivity index (χ2n) is 14.2. The Morgan fingerprint density at radius 1 is 0.642 bits per heavy atom. The lowest BCUT2D eigenvalue weighted by molar-refractivity contribution is -0.191. The molecule has 2 aliphatic carbocycles. The molecule has 0 unspecified atom stereocenters. The Morgan fingerprint density at radius 3 is 1.68 bits per heavy atom. The van der Waals surface area contributed by atoms with Gasteiger partial charge < -0.3 is 10.5 Å². The van der Waals surface area contributed by atoms with Crippen molar-refractivity contribution in [3.05, 3.63) is 182 Å². The molecule has 0 heterocycles. The Balaban J connectivity index is 0.000000157. The van der Waals surface area contributed by atoms with Crippen molar-refractivity contribution < 1.29 is 19.1 Å². The maximum absolute atomic E-state index is 10.9. The Labute approximate surface area is 321 Å². The third kappa shape index (κ3) is 8.10. The highest BCUT2D eigenvalue weighted by Gasteiger charge is 2.36. The highest BCUT2D eigenvalue weighted by Crippen LogP contribution is 2.50. The van der Waals surface area contributed by atoms with Gasteiger partial charge in [-0.3, -0.25) is 0 Å². The maximum atomic E-state index is 10.9. The van der Waals surface area contributed by atoms with Gasteiger partial charge in [-0.15, -0.1) is 0 Å². The molecule has 5 nitrogen and oxygen atoms in total. The predicted molar refractivity (Wildman–Crippen MR) is 217 cm³/mol.